The van der Waals surface area contributed by atoms with Crippen LogP contribution in [0.2, 0.25) is 0 Å². The zero-order valence-corrected chi connectivity index (χ0v) is 12.4. The monoisotopic (exact) mass is 323 g/mol. The summed E-state index contributed by atoms with van der Waals surface area (Å²) < 4.78 is 20.1. The Morgan fingerprint density at radius 3 is 2.47 bits per heavy atom. The van der Waals surface area contributed by atoms with Gasteiger partial charge in [-0.05, 0) is 53.0 Å². The van der Waals surface area contributed by atoms with Crippen molar-refractivity contribution in [1.29, 1.82) is 0 Å². The lowest BCUT2D eigenvalue weighted by molar-refractivity contribution is 0.437. The van der Waals surface area contributed by atoms with E-state index in [2.05, 4.69) is 15.9 Å². The van der Waals surface area contributed by atoms with E-state index in [-0.39, 0.29) is 12.3 Å². The van der Waals surface area contributed by atoms with Crippen molar-refractivity contribution < 1.29 is 9.13 Å². The van der Waals surface area contributed by atoms with E-state index < -0.39 is 5.82 Å². The summed E-state index contributed by atoms with van der Waals surface area (Å²) in [7, 11) is 0. The average molecular weight is 324 g/mol. The maximum absolute atomic E-state index is 14.1. The second kappa shape index (κ2) is 5.72. The molecule has 2 aromatic rings. The van der Waals surface area contributed by atoms with Gasteiger partial charge in [0, 0.05) is 6.54 Å². The van der Waals surface area contributed by atoms with E-state index in [1.54, 1.807) is 12.1 Å². The molecule has 2 nitrogen and oxygen atoms in total. The van der Waals surface area contributed by atoms with E-state index in [0.717, 1.165) is 11.1 Å². The number of hydrogen-bond donors (Lipinski definition) is 1. The molecule has 0 atom stereocenters. The van der Waals surface area contributed by atoms with Gasteiger partial charge in [-0.1, -0.05) is 23.8 Å². The number of ether oxygens (including phenoxy) is 1. The van der Waals surface area contributed by atoms with Crippen LogP contribution in [0, 0.1) is 19.7 Å². The third kappa shape index (κ3) is 2.96. The van der Waals surface area contributed by atoms with Crippen LogP contribution in [0.1, 0.15) is 16.7 Å². The lowest BCUT2D eigenvalue weighted by atomic mass is 10.1. The molecule has 0 saturated carbocycles. The van der Waals surface area contributed by atoms with Crippen LogP contribution in [0.5, 0.6) is 11.5 Å². The number of nitrogens with two attached hydrogens (primary N) is 1. The standard InChI is InChI=1S/C15H15BrFNO/c1-9-3-5-12(10(2)7-9)19-13-6-4-11(8-18)14(16)15(13)17/h3-7H,8,18H2,1-2H3. The first kappa shape index (κ1) is 14.0. The topological polar surface area (TPSA) is 35.2 Å². The zero-order chi connectivity index (χ0) is 14.0. The highest BCUT2D eigenvalue weighted by atomic mass is 79.9. The molecule has 0 aromatic heterocycles. The predicted octanol–water partition coefficient (Wildman–Crippen LogP) is 4.46. The fourth-order valence-electron chi connectivity index (χ4n) is 1.84. The smallest absolute Gasteiger partial charge is 0.180 e. The molecule has 19 heavy (non-hydrogen) atoms. The van der Waals surface area contributed by atoms with Gasteiger partial charge in [-0.3, -0.25) is 0 Å². The van der Waals surface area contributed by atoms with Crippen molar-refractivity contribution >= 4 is 15.9 Å². The fourth-order valence-corrected chi connectivity index (χ4v) is 2.33. The van der Waals surface area contributed by atoms with Crippen LogP contribution in [-0.4, -0.2) is 0 Å². The van der Waals surface area contributed by atoms with Gasteiger partial charge < -0.3 is 10.5 Å². The molecule has 2 aromatic carbocycles. The van der Waals surface area contributed by atoms with Crippen molar-refractivity contribution in [3.05, 3.63) is 57.3 Å². The second-order valence-electron chi connectivity index (χ2n) is 4.43. The third-order valence-electron chi connectivity index (χ3n) is 2.90. The summed E-state index contributed by atoms with van der Waals surface area (Å²) in [6, 6.07) is 9.13. The van der Waals surface area contributed by atoms with E-state index in [0.29, 0.717) is 15.8 Å². The molecule has 0 unspecified atom stereocenters. The van der Waals surface area contributed by atoms with Crippen LogP contribution in [0.4, 0.5) is 4.39 Å². The number of rotatable bonds is 3. The van der Waals surface area contributed by atoms with Gasteiger partial charge in [0.2, 0.25) is 0 Å². The molecule has 0 aliphatic carbocycles. The summed E-state index contributed by atoms with van der Waals surface area (Å²) in [5.74, 6) is 0.413. The minimum Gasteiger partial charge on any atom is -0.454 e. The lowest BCUT2D eigenvalue weighted by Crippen LogP contribution is -2.00. The maximum atomic E-state index is 14.1. The highest BCUT2D eigenvalue weighted by molar-refractivity contribution is 9.10. The Hall–Kier alpha value is -1.39. The van der Waals surface area contributed by atoms with Gasteiger partial charge in [-0.15, -0.1) is 0 Å². The molecule has 0 heterocycles. The van der Waals surface area contributed by atoms with Gasteiger partial charge in [0.25, 0.3) is 0 Å². The van der Waals surface area contributed by atoms with Gasteiger partial charge >= 0.3 is 0 Å². The molecule has 0 aliphatic heterocycles. The molecule has 2 N–H and O–H groups in total. The molecule has 0 aliphatic rings. The van der Waals surface area contributed by atoms with E-state index in [1.165, 1.54) is 0 Å². The van der Waals surface area contributed by atoms with Crippen LogP contribution < -0.4 is 10.5 Å². The molecule has 0 fully saturated rings. The van der Waals surface area contributed by atoms with Crippen LogP contribution in [0.15, 0.2) is 34.8 Å². The summed E-state index contributed by atoms with van der Waals surface area (Å²) in [6.45, 7) is 4.22. The molecule has 0 amide bonds. The molecule has 0 radical (unpaired) electrons. The Morgan fingerprint density at radius 2 is 1.84 bits per heavy atom. The summed E-state index contributed by atoms with van der Waals surface area (Å²) in [4.78, 5) is 0. The first-order chi connectivity index (χ1) is 9.02. The number of halogens is 2. The molecule has 0 spiro atoms. The minimum absolute atomic E-state index is 0.191. The Labute approximate surface area is 120 Å². The van der Waals surface area contributed by atoms with E-state index in [1.807, 2.05) is 32.0 Å². The molecule has 4 heteroatoms. The van der Waals surface area contributed by atoms with Gasteiger partial charge in [0.05, 0.1) is 4.47 Å². The predicted molar refractivity (Wildman–Crippen MR) is 78.0 cm³/mol. The molecule has 0 bridgehead atoms. The zero-order valence-electron chi connectivity index (χ0n) is 10.8. The quantitative estimate of drug-likeness (QED) is 0.905. The minimum atomic E-state index is -0.428. The Morgan fingerprint density at radius 1 is 1.16 bits per heavy atom. The van der Waals surface area contributed by atoms with Crippen LogP contribution in [0.25, 0.3) is 0 Å². The first-order valence-electron chi connectivity index (χ1n) is 5.95. The van der Waals surface area contributed by atoms with Crippen LogP contribution in [0.3, 0.4) is 0 Å². The summed E-state index contributed by atoms with van der Waals surface area (Å²) in [5.41, 5.74) is 8.35. The lowest BCUT2D eigenvalue weighted by Gasteiger charge is -2.12. The van der Waals surface area contributed by atoms with Crippen LogP contribution in [-0.2, 0) is 6.54 Å². The number of aryl methyl sites for hydroxylation is 2. The summed E-state index contributed by atoms with van der Waals surface area (Å²) in [5, 5.41) is 0. The van der Waals surface area contributed by atoms with Gasteiger partial charge in [0.1, 0.15) is 5.75 Å². The number of hydrogen-bond acceptors (Lipinski definition) is 2. The van der Waals surface area contributed by atoms with E-state index >= 15 is 0 Å². The number of benzene rings is 2. The second-order valence-corrected chi connectivity index (χ2v) is 5.22. The molecular formula is C15H15BrFNO. The normalized spacial score (nSPS) is 10.6. The first-order valence-corrected chi connectivity index (χ1v) is 6.74. The average Bonchev–Trinajstić information content (AvgIpc) is 2.38. The highest BCUT2D eigenvalue weighted by Gasteiger charge is 2.13. The van der Waals surface area contributed by atoms with Crippen molar-refractivity contribution in [1.82, 2.24) is 0 Å². The highest BCUT2D eigenvalue weighted by Crippen LogP contribution is 2.33. The molecule has 100 valence electrons. The third-order valence-corrected chi connectivity index (χ3v) is 3.75. The summed E-state index contributed by atoms with van der Waals surface area (Å²) >= 11 is 3.20. The van der Waals surface area contributed by atoms with Crippen molar-refractivity contribution in [3.8, 4) is 11.5 Å². The van der Waals surface area contributed by atoms with Gasteiger partial charge in [0.15, 0.2) is 11.6 Å². The van der Waals surface area contributed by atoms with Crippen molar-refractivity contribution in [2.75, 3.05) is 0 Å². The van der Waals surface area contributed by atoms with Crippen molar-refractivity contribution in [2.45, 2.75) is 20.4 Å². The molecule has 2 rings (SSSR count). The fraction of sp³-hybridized carbons (Fsp3) is 0.200. The maximum Gasteiger partial charge on any atom is 0.180 e. The SMILES string of the molecule is Cc1ccc(Oc2ccc(CN)c(Br)c2F)c(C)c1. The van der Waals surface area contributed by atoms with Gasteiger partial charge in [-0.25, -0.2) is 4.39 Å². The van der Waals surface area contributed by atoms with Crippen molar-refractivity contribution in [3.63, 3.8) is 0 Å². The molecule has 0 saturated heterocycles. The van der Waals surface area contributed by atoms with E-state index in [4.69, 9.17) is 10.5 Å². The largest absolute Gasteiger partial charge is 0.454 e. The van der Waals surface area contributed by atoms with E-state index in [9.17, 15) is 4.39 Å². The Balaban J connectivity index is 2.36. The molecular weight excluding hydrogens is 309 g/mol. The Kier molecular flexibility index (Phi) is 4.22. The van der Waals surface area contributed by atoms with Crippen molar-refractivity contribution in [2.24, 2.45) is 5.73 Å². The van der Waals surface area contributed by atoms with Crippen LogP contribution >= 0.6 is 15.9 Å². The summed E-state index contributed by atoms with van der Waals surface area (Å²) in [6.07, 6.45) is 0. The Bertz CT molecular complexity index is 613. The van der Waals surface area contributed by atoms with Gasteiger partial charge in [-0.2, -0.15) is 0 Å².